The summed E-state index contributed by atoms with van der Waals surface area (Å²) in [5, 5.41) is 0. The topological polar surface area (TPSA) is 64.8 Å². The number of benzene rings is 1. The first-order chi connectivity index (χ1) is 13.7. The summed E-state index contributed by atoms with van der Waals surface area (Å²) in [6, 6.07) is 6.77. The van der Waals surface area contributed by atoms with Crippen LogP contribution in [0.3, 0.4) is 0 Å². The number of rotatable bonds is 3. The Morgan fingerprint density at radius 3 is 2.48 bits per heavy atom. The molecule has 2 aromatic heterocycles. The summed E-state index contributed by atoms with van der Waals surface area (Å²) in [6.45, 7) is 6.05. The molecule has 0 bridgehead atoms. The van der Waals surface area contributed by atoms with Gasteiger partial charge in [0.15, 0.2) is 0 Å². The summed E-state index contributed by atoms with van der Waals surface area (Å²) in [5.74, 6) is 0.299. The van der Waals surface area contributed by atoms with Crippen molar-refractivity contribution in [1.29, 1.82) is 0 Å². The normalized spacial score (nSPS) is 14.8. The van der Waals surface area contributed by atoms with Crippen LogP contribution in [0, 0.1) is 13.8 Å². The smallest absolute Gasteiger partial charge is 0.362 e. The van der Waals surface area contributed by atoms with Crippen molar-refractivity contribution in [2.75, 3.05) is 6.54 Å². The lowest BCUT2D eigenvalue weighted by Crippen LogP contribution is -2.35. The number of hydrogen-bond donors (Lipinski definition) is 2. The summed E-state index contributed by atoms with van der Waals surface area (Å²) < 4.78 is 38.3. The lowest BCUT2D eigenvalue weighted by atomic mass is 10.0. The van der Waals surface area contributed by atoms with Crippen LogP contribution in [-0.2, 0) is 25.7 Å². The SMILES string of the molecule is Cc1cc(CN2CCc3nc(-c4ccc(C(F)(F)F)cc4)[nH]c(=O)c3C2)c(C)[nH]1. The lowest BCUT2D eigenvalue weighted by Gasteiger charge is -2.27. The van der Waals surface area contributed by atoms with Crippen molar-refractivity contribution in [3.8, 4) is 11.4 Å². The molecule has 0 saturated carbocycles. The second-order valence-corrected chi connectivity index (χ2v) is 7.48. The highest BCUT2D eigenvalue weighted by Crippen LogP contribution is 2.30. The number of aryl methyl sites for hydroxylation is 2. The van der Waals surface area contributed by atoms with Gasteiger partial charge in [0.25, 0.3) is 5.56 Å². The molecule has 0 spiro atoms. The summed E-state index contributed by atoms with van der Waals surface area (Å²) >= 11 is 0. The van der Waals surface area contributed by atoms with Crippen LogP contribution in [0.2, 0.25) is 0 Å². The predicted octanol–water partition coefficient (Wildman–Crippen LogP) is 3.96. The van der Waals surface area contributed by atoms with Gasteiger partial charge in [-0.15, -0.1) is 0 Å². The van der Waals surface area contributed by atoms with E-state index in [9.17, 15) is 18.0 Å². The third kappa shape index (κ3) is 3.98. The van der Waals surface area contributed by atoms with E-state index in [0.29, 0.717) is 35.6 Å². The molecule has 2 N–H and O–H groups in total. The van der Waals surface area contributed by atoms with Crippen LogP contribution in [0.1, 0.15) is 33.8 Å². The molecule has 4 rings (SSSR count). The van der Waals surface area contributed by atoms with Crippen molar-refractivity contribution in [3.63, 3.8) is 0 Å². The van der Waals surface area contributed by atoms with Crippen molar-refractivity contribution >= 4 is 0 Å². The number of H-pyrrole nitrogens is 2. The van der Waals surface area contributed by atoms with E-state index in [1.165, 1.54) is 17.7 Å². The van der Waals surface area contributed by atoms with Crippen LogP contribution in [0.15, 0.2) is 35.1 Å². The van der Waals surface area contributed by atoms with Gasteiger partial charge in [0, 0.05) is 43.0 Å². The molecular weight excluding hydrogens is 381 g/mol. The fourth-order valence-corrected chi connectivity index (χ4v) is 3.76. The number of hydrogen-bond acceptors (Lipinski definition) is 3. The molecule has 1 aliphatic rings. The molecule has 0 atom stereocenters. The molecule has 29 heavy (non-hydrogen) atoms. The van der Waals surface area contributed by atoms with Gasteiger partial charge in [-0.05, 0) is 37.6 Å². The van der Waals surface area contributed by atoms with Crippen LogP contribution < -0.4 is 5.56 Å². The van der Waals surface area contributed by atoms with E-state index in [4.69, 9.17) is 0 Å². The van der Waals surface area contributed by atoms with Gasteiger partial charge in [0.1, 0.15) is 5.82 Å². The summed E-state index contributed by atoms with van der Waals surface area (Å²) in [4.78, 5) is 25.4. The average Bonchev–Trinajstić information content (AvgIpc) is 2.98. The Morgan fingerprint density at radius 2 is 1.86 bits per heavy atom. The van der Waals surface area contributed by atoms with Crippen LogP contribution in [-0.4, -0.2) is 26.4 Å². The summed E-state index contributed by atoms with van der Waals surface area (Å²) in [5.41, 5.74) is 4.26. The quantitative estimate of drug-likeness (QED) is 0.697. The maximum Gasteiger partial charge on any atom is 0.416 e. The number of aromatic nitrogens is 3. The molecule has 0 unspecified atom stereocenters. The third-order valence-corrected chi connectivity index (χ3v) is 5.28. The van der Waals surface area contributed by atoms with E-state index in [0.717, 1.165) is 36.6 Å². The second kappa shape index (κ2) is 7.18. The molecule has 0 radical (unpaired) electrons. The minimum atomic E-state index is -4.39. The maximum atomic E-state index is 12.8. The highest BCUT2D eigenvalue weighted by Gasteiger charge is 2.30. The van der Waals surface area contributed by atoms with Gasteiger partial charge in [-0.1, -0.05) is 12.1 Å². The number of aromatic amines is 2. The van der Waals surface area contributed by atoms with Crippen molar-refractivity contribution in [1.82, 2.24) is 19.9 Å². The fraction of sp³-hybridized carbons (Fsp3) is 0.333. The highest BCUT2D eigenvalue weighted by atomic mass is 19.4. The van der Waals surface area contributed by atoms with Gasteiger partial charge < -0.3 is 9.97 Å². The maximum absolute atomic E-state index is 12.8. The van der Waals surface area contributed by atoms with Gasteiger partial charge in [-0.2, -0.15) is 13.2 Å². The van der Waals surface area contributed by atoms with Crippen molar-refractivity contribution in [2.45, 2.75) is 39.5 Å². The van der Waals surface area contributed by atoms with E-state index in [2.05, 4.69) is 25.9 Å². The zero-order valence-electron chi connectivity index (χ0n) is 16.2. The number of fused-ring (bicyclic) bond motifs is 1. The molecule has 1 aliphatic heterocycles. The Bertz CT molecular complexity index is 1100. The fourth-order valence-electron chi connectivity index (χ4n) is 3.76. The van der Waals surface area contributed by atoms with Crippen LogP contribution in [0.5, 0.6) is 0 Å². The zero-order chi connectivity index (χ0) is 20.8. The molecule has 0 amide bonds. The molecule has 0 saturated heterocycles. The highest BCUT2D eigenvalue weighted by molar-refractivity contribution is 5.56. The minimum Gasteiger partial charge on any atom is -0.362 e. The molecule has 8 heteroatoms. The number of nitrogens with one attached hydrogen (secondary N) is 2. The Kier molecular flexibility index (Phi) is 4.82. The van der Waals surface area contributed by atoms with Crippen LogP contribution in [0.25, 0.3) is 11.4 Å². The van der Waals surface area contributed by atoms with Crippen LogP contribution in [0.4, 0.5) is 13.2 Å². The van der Waals surface area contributed by atoms with E-state index < -0.39 is 11.7 Å². The molecular formula is C21H21F3N4O. The molecule has 0 fully saturated rings. The third-order valence-electron chi connectivity index (χ3n) is 5.28. The van der Waals surface area contributed by atoms with E-state index in [1.54, 1.807) is 0 Å². The van der Waals surface area contributed by atoms with Crippen molar-refractivity contribution in [3.05, 3.63) is 74.5 Å². The van der Waals surface area contributed by atoms with Gasteiger partial charge in [-0.25, -0.2) is 4.98 Å². The Labute approximate surface area is 165 Å². The van der Waals surface area contributed by atoms with E-state index in [1.807, 2.05) is 13.8 Å². The van der Waals surface area contributed by atoms with Gasteiger partial charge in [0.2, 0.25) is 0 Å². The number of nitrogens with zero attached hydrogens (tertiary/aromatic N) is 2. The Morgan fingerprint density at radius 1 is 1.14 bits per heavy atom. The second-order valence-electron chi connectivity index (χ2n) is 7.48. The van der Waals surface area contributed by atoms with Gasteiger partial charge in [0.05, 0.1) is 16.8 Å². The van der Waals surface area contributed by atoms with Crippen molar-refractivity contribution < 1.29 is 13.2 Å². The summed E-state index contributed by atoms with van der Waals surface area (Å²) in [7, 11) is 0. The van der Waals surface area contributed by atoms with E-state index >= 15 is 0 Å². The monoisotopic (exact) mass is 402 g/mol. The Hall–Kier alpha value is -2.87. The average molecular weight is 402 g/mol. The van der Waals surface area contributed by atoms with Crippen LogP contribution >= 0.6 is 0 Å². The van der Waals surface area contributed by atoms with Gasteiger partial charge in [-0.3, -0.25) is 9.69 Å². The van der Waals surface area contributed by atoms with E-state index in [-0.39, 0.29) is 5.56 Å². The molecule has 3 aromatic rings. The molecule has 5 nitrogen and oxygen atoms in total. The van der Waals surface area contributed by atoms with Crippen molar-refractivity contribution in [2.24, 2.45) is 0 Å². The van der Waals surface area contributed by atoms with Gasteiger partial charge >= 0.3 is 6.18 Å². The first-order valence-corrected chi connectivity index (χ1v) is 9.38. The molecule has 1 aromatic carbocycles. The zero-order valence-corrected chi connectivity index (χ0v) is 16.2. The summed E-state index contributed by atoms with van der Waals surface area (Å²) in [6.07, 6.45) is -3.77. The molecule has 0 aliphatic carbocycles. The first kappa shape index (κ1) is 19.4. The first-order valence-electron chi connectivity index (χ1n) is 9.38. The Balaban J connectivity index is 1.57. The minimum absolute atomic E-state index is 0.239. The number of halogens is 3. The molecule has 3 heterocycles. The molecule has 152 valence electrons. The predicted molar refractivity (Wildman–Crippen MR) is 103 cm³/mol. The largest absolute Gasteiger partial charge is 0.416 e. The standard InChI is InChI=1S/C21H21F3N4O/c1-12-9-15(13(2)25-12)10-28-8-7-18-17(11-28)20(29)27-19(26-18)14-3-5-16(6-4-14)21(22,23)24/h3-6,9,25H,7-8,10-11H2,1-2H3,(H,26,27,29). The number of alkyl halides is 3. The lowest BCUT2D eigenvalue weighted by molar-refractivity contribution is -0.137.